The molecule has 0 aromatic carbocycles. The van der Waals surface area contributed by atoms with Crippen LogP contribution in [0.3, 0.4) is 0 Å². The summed E-state index contributed by atoms with van der Waals surface area (Å²) >= 11 is 0. The summed E-state index contributed by atoms with van der Waals surface area (Å²) in [5.74, 6) is -0.398. The number of carbonyl (C=O) groups is 1. The molecule has 0 aliphatic rings. The van der Waals surface area contributed by atoms with Gasteiger partial charge in [-0.2, -0.15) is 0 Å². The second kappa shape index (κ2) is 7.77. The second-order valence-corrected chi connectivity index (χ2v) is 1.18. The van der Waals surface area contributed by atoms with Gasteiger partial charge in [-0.3, -0.25) is 4.79 Å². The Bertz CT molecular complexity index is 95.0. The van der Waals surface area contributed by atoms with Crippen molar-refractivity contribution in [1.29, 1.82) is 0 Å². The fourth-order valence-electron chi connectivity index (χ4n) is 0.211. The summed E-state index contributed by atoms with van der Waals surface area (Å²) in [7, 11) is 0. The van der Waals surface area contributed by atoms with Crippen LogP contribution in [0, 0.1) is 0 Å². The van der Waals surface area contributed by atoms with Crippen molar-refractivity contribution in [2.24, 2.45) is 5.73 Å². The van der Waals surface area contributed by atoms with Gasteiger partial charge in [0.25, 0.3) is 0 Å². The quantitative estimate of drug-likeness (QED) is 0.298. The van der Waals surface area contributed by atoms with E-state index in [1.54, 1.807) is 0 Å². The number of carbonyl (C=O) groups excluding carboxylic acids is 1. The molecule has 0 rings (SSSR count). The summed E-state index contributed by atoms with van der Waals surface area (Å²) in [5.41, 5.74) is 4.90. The molecule has 0 saturated heterocycles. The van der Waals surface area contributed by atoms with Gasteiger partial charge in [0, 0.05) is 0 Å². The summed E-state index contributed by atoms with van der Waals surface area (Å²) in [6.45, 7) is 3.53. The van der Waals surface area contributed by atoms with Gasteiger partial charge in [0.1, 0.15) is 6.61 Å². The average Bonchev–Trinajstić information content (AvgIpc) is 1.83. The van der Waals surface area contributed by atoms with Crippen LogP contribution in [0.1, 0.15) is 0 Å². The number of hydrogen-bond acceptors (Lipinski definition) is 3. The van der Waals surface area contributed by atoms with Crippen molar-refractivity contribution in [3.8, 4) is 0 Å². The molecule has 0 radical (unpaired) electrons. The molecule has 2 N–H and O–H groups in total. The van der Waals surface area contributed by atoms with Crippen LogP contribution >= 0.6 is 0 Å². The van der Waals surface area contributed by atoms with Gasteiger partial charge < -0.3 is 10.5 Å². The van der Waals surface area contributed by atoms with Crippen LogP contribution in [-0.4, -0.2) is 38.0 Å². The molecule has 0 spiro atoms. The SMILES string of the molecule is C=CCOC(=O)CN.[LiH]. The van der Waals surface area contributed by atoms with Gasteiger partial charge in [-0.15, -0.1) is 0 Å². The molecule has 48 valence electrons. The molecule has 0 atom stereocenters. The Kier molecular flexibility index (Phi) is 9.97. The van der Waals surface area contributed by atoms with E-state index in [0.717, 1.165) is 0 Å². The van der Waals surface area contributed by atoms with Crippen LogP contribution in [0.5, 0.6) is 0 Å². The number of rotatable bonds is 3. The zero-order chi connectivity index (χ0) is 6.41. The Hall–Kier alpha value is -0.233. The van der Waals surface area contributed by atoms with Gasteiger partial charge in [0.15, 0.2) is 0 Å². The van der Waals surface area contributed by atoms with Crippen LogP contribution in [-0.2, 0) is 9.53 Å². The van der Waals surface area contributed by atoms with E-state index in [4.69, 9.17) is 5.73 Å². The molecule has 0 aromatic rings. The van der Waals surface area contributed by atoms with Gasteiger partial charge >= 0.3 is 24.8 Å². The first kappa shape index (κ1) is 11.5. The molecule has 0 saturated carbocycles. The first-order chi connectivity index (χ1) is 3.81. The molecule has 9 heavy (non-hydrogen) atoms. The van der Waals surface area contributed by atoms with Crippen LogP contribution in [0.25, 0.3) is 0 Å². The first-order valence-electron chi connectivity index (χ1n) is 2.28. The van der Waals surface area contributed by atoms with Crippen molar-refractivity contribution in [2.45, 2.75) is 0 Å². The zero-order valence-corrected chi connectivity index (χ0v) is 4.59. The van der Waals surface area contributed by atoms with Crippen LogP contribution < -0.4 is 5.73 Å². The Morgan fingerprint density at radius 1 is 1.78 bits per heavy atom. The minimum absolute atomic E-state index is 0. The molecule has 0 aliphatic carbocycles. The predicted octanol–water partition coefficient (Wildman–Crippen LogP) is -0.974. The Labute approximate surface area is 66.4 Å². The number of esters is 1. The standard InChI is InChI=1S/C5H9NO2.Li.H/c1-2-3-8-5(7)4-6;;/h2H,1,3-4,6H2;;. The van der Waals surface area contributed by atoms with Crippen molar-refractivity contribution >= 4 is 24.8 Å². The summed E-state index contributed by atoms with van der Waals surface area (Å²) in [6, 6.07) is 0. The van der Waals surface area contributed by atoms with E-state index >= 15 is 0 Å². The summed E-state index contributed by atoms with van der Waals surface area (Å²) < 4.78 is 4.46. The van der Waals surface area contributed by atoms with E-state index in [9.17, 15) is 4.79 Å². The topological polar surface area (TPSA) is 52.3 Å². The van der Waals surface area contributed by atoms with Gasteiger partial charge in [-0.05, 0) is 0 Å². The molecule has 0 bridgehead atoms. The molecule has 3 nitrogen and oxygen atoms in total. The number of hydrogen-bond donors (Lipinski definition) is 1. The maximum absolute atomic E-state index is 10.2. The van der Waals surface area contributed by atoms with Crippen molar-refractivity contribution in [2.75, 3.05) is 13.2 Å². The minimum atomic E-state index is -0.398. The van der Waals surface area contributed by atoms with Crippen LogP contribution in [0.15, 0.2) is 12.7 Å². The van der Waals surface area contributed by atoms with E-state index in [-0.39, 0.29) is 32.0 Å². The first-order valence-corrected chi connectivity index (χ1v) is 2.28. The third-order valence-corrected chi connectivity index (χ3v) is 0.529. The Balaban J connectivity index is 0. The molecule has 0 unspecified atom stereocenters. The van der Waals surface area contributed by atoms with Crippen molar-refractivity contribution in [3.63, 3.8) is 0 Å². The second-order valence-electron chi connectivity index (χ2n) is 1.18. The predicted molar refractivity (Wildman–Crippen MR) is 37.4 cm³/mol. The third-order valence-electron chi connectivity index (χ3n) is 0.529. The van der Waals surface area contributed by atoms with E-state index in [2.05, 4.69) is 11.3 Å². The van der Waals surface area contributed by atoms with Crippen molar-refractivity contribution in [3.05, 3.63) is 12.7 Å². The fraction of sp³-hybridized carbons (Fsp3) is 0.400. The molecule has 0 aromatic heterocycles. The zero-order valence-electron chi connectivity index (χ0n) is 4.59. The van der Waals surface area contributed by atoms with Crippen LogP contribution in [0.4, 0.5) is 0 Å². The van der Waals surface area contributed by atoms with E-state index < -0.39 is 5.97 Å². The van der Waals surface area contributed by atoms with Crippen molar-refractivity contribution in [1.82, 2.24) is 0 Å². The Morgan fingerprint density at radius 3 is 2.67 bits per heavy atom. The summed E-state index contributed by atoms with van der Waals surface area (Å²) in [6.07, 6.45) is 1.49. The molecule has 0 amide bonds. The Morgan fingerprint density at radius 2 is 2.33 bits per heavy atom. The fourth-order valence-corrected chi connectivity index (χ4v) is 0.211. The van der Waals surface area contributed by atoms with E-state index in [1.807, 2.05) is 0 Å². The molecular weight excluding hydrogens is 113 g/mol. The molecule has 4 heteroatoms. The van der Waals surface area contributed by atoms with Gasteiger partial charge in [-0.25, -0.2) is 0 Å². The average molecular weight is 123 g/mol. The molecule has 0 heterocycles. The normalized spacial score (nSPS) is 7.22. The van der Waals surface area contributed by atoms with E-state index in [0.29, 0.717) is 0 Å². The van der Waals surface area contributed by atoms with Gasteiger partial charge in [-0.1, -0.05) is 12.7 Å². The van der Waals surface area contributed by atoms with Gasteiger partial charge in [0.2, 0.25) is 0 Å². The third kappa shape index (κ3) is 7.77. The van der Waals surface area contributed by atoms with Gasteiger partial charge in [0.05, 0.1) is 6.54 Å². The summed E-state index contributed by atoms with van der Waals surface area (Å²) in [5, 5.41) is 0. The maximum atomic E-state index is 10.2. The van der Waals surface area contributed by atoms with Crippen LogP contribution in [0.2, 0.25) is 0 Å². The van der Waals surface area contributed by atoms with E-state index in [1.165, 1.54) is 6.08 Å². The molecule has 0 fully saturated rings. The molecule has 0 aliphatic heterocycles. The van der Waals surface area contributed by atoms with Crippen molar-refractivity contribution < 1.29 is 9.53 Å². The number of nitrogens with two attached hydrogens (primary N) is 1. The monoisotopic (exact) mass is 123 g/mol. The summed E-state index contributed by atoms with van der Waals surface area (Å²) in [4.78, 5) is 10.2. The molecular formula is C5H10LiNO2. The number of ether oxygens (including phenoxy) is 1.